The Morgan fingerprint density at radius 1 is 1.00 bits per heavy atom. The zero-order chi connectivity index (χ0) is 25.9. The molecule has 1 aromatic heterocycles. The molecule has 1 amide bonds. The molecule has 1 fully saturated rings. The van der Waals surface area contributed by atoms with Crippen molar-refractivity contribution in [1.82, 2.24) is 9.55 Å². The third-order valence-corrected chi connectivity index (χ3v) is 6.86. The van der Waals surface area contributed by atoms with Gasteiger partial charge >= 0.3 is 0 Å². The van der Waals surface area contributed by atoms with Crippen molar-refractivity contribution in [1.29, 1.82) is 0 Å². The molecule has 4 aromatic rings. The first-order valence-corrected chi connectivity index (χ1v) is 12.8. The average molecular weight is 500 g/mol. The fourth-order valence-corrected chi connectivity index (χ4v) is 5.09. The van der Waals surface area contributed by atoms with E-state index < -0.39 is 6.10 Å². The number of aliphatic hydroxyl groups excluding tert-OH is 1. The third-order valence-electron chi connectivity index (χ3n) is 6.86. The summed E-state index contributed by atoms with van der Waals surface area (Å²) in [6.07, 6.45) is -0.374. The standard InChI is InChI=1S/C30H33N3O4/c1-4-36-25-14-12-23(13-15-25)32-17-22(16-28(32)35)30-31-26-10-5-6-11-27(26)33(30)18-24(34)19-37-29-20(2)8-7-9-21(29)3/h5-15,22,24,34H,4,16-19H2,1-3H3/t22-,24-/m0/s1. The van der Waals surface area contributed by atoms with Gasteiger partial charge < -0.3 is 24.0 Å². The molecule has 7 heteroatoms. The molecule has 3 aromatic carbocycles. The van der Waals surface area contributed by atoms with E-state index in [1.165, 1.54) is 0 Å². The van der Waals surface area contributed by atoms with E-state index in [0.717, 1.165) is 45.2 Å². The van der Waals surface area contributed by atoms with Crippen LogP contribution in [0.15, 0.2) is 66.7 Å². The van der Waals surface area contributed by atoms with E-state index in [1.54, 1.807) is 0 Å². The first-order valence-electron chi connectivity index (χ1n) is 12.8. The second-order valence-corrected chi connectivity index (χ2v) is 9.59. The van der Waals surface area contributed by atoms with Gasteiger partial charge in [0.25, 0.3) is 0 Å². The van der Waals surface area contributed by atoms with Gasteiger partial charge in [-0.1, -0.05) is 30.3 Å². The zero-order valence-corrected chi connectivity index (χ0v) is 21.6. The van der Waals surface area contributed by atoms with Crippen molar-refractivity contribution in [3.8, 4) is 11.5 Å². The number of benzene rings is 3. The van der Waals surface area contributed by atoms with Crippen molar-refractivity contribution >= 4 is 22.6 Å². The summed E-state index contributed by atoms with van der Waals surface area (Å²) >= 11 is 0. The van der Waals surface area contributed by atoms with Crippen molar-refractivity contribution < 1.29 is 19.4 Å². The number of para-hydroxylation sites is 3. The smallest absolute Gasteiger partial charge is 0.227 e. The van der Waals surface area contributed by atoms with E-state index in [-0.39, 0.29) is 18.4 Å². The van der Waals surface area contributed by atoms with E-state index >= 15 is 0 Å². The summed E-state index contributed by atoms with van der Waals surface area (Å²) in [4.78, 5) is 19.7. The van der Waals surface area contributed by atoms with Gasteiger partial charge in [-0.25, -0.2) is 4.98 Å². The summed E-state index contributed by atoms with van der Waals surface area (Å²) in [6, 6.07) is 21.5. The molecule has 0 aliphatic carbocycles. The number of aromatic nitrogens is 2. The maximum Gasteiger partial charge on any atom is 0.227 e. The molecular weight excluding hydrogens is 466 g/mol. The van der Waals surface area contributed by atoms with Gasteiger partial charge in [-0.15, -0.1) is 0 Å². The fraction of sp³-hybridized carbons (Fsp3) is 0.333. The molecule has 5 rings (SSSR count). The number of nitrogens with zero attached hydrogens (tertiary/aromatic N) is 3. The Kier molecular flexibility index (Phi) is 7.15. The van der Waals surface area contributed by atoms with Gasteiger partial charge in [-0.05, 0) is 68.3 Å². The number of hydrogen-bond donors (Lipinski definition) is 1. The lowest BCUT2D eigenvalue weighted by Gasteiger charge is -2.20. The molecule has 1 saturated heterocycles. The molecular formula is C30H33N3O4. The minimum Gasteiger partial charge on any atom is -0.494 e. The summed E-state index contributed by atoms with van der Waals surface area (Å²) in [5.74, 6) is 2.39. The lowest BCUT2D eigenvalue weighted by Crippen LogP contribution is -2.26. The lowest BCUT2D eigenvalue weighted by molar-refractivity contribution is -0.117. The van der Waals surface area contributed by atoms with E-state index in [0.29, 0.717) is 26.1 Å². The number of anilines is 1. The molecule has 7 nitrogen and oxygen atoms in total. The van der Waals surface area contributed by atoms with E-state index in [1.807, 2.05) is 97.0 Å². The van der Waals surface area contributed by atoms with Crippen LogP contribution in [0.5, 0.6) is 11.5 Å². The topological polar surface area (TPSA) is 76.8 Å². The quantitative estimate of drug-likeness (QED) is 0.350. The zero-order valence-electron chi connectivity index (χ0n) is 21.6. The van der Waals surface area contributed by atoms with Crippen LogP contribution in [0.2, 0.25) is 0 Å². The highest BCUT2D eigenvalue weighted by Crippen LogP contribution is 2.34. The molecule has 2 atom stereocenters. The molecule has 192 valence electrons. The number of hydrogen-bond acceptors (Lipinski definition) is 5. The number of carbonyl (C=O) groups excluding carboxylic acids is 1. The second-order valence-electron chi connectivity index (χ2n) is 9.59. The first kappa shape index (κ1) is 24.8. The van der Waals surface area contributed by atoms with Crippen LogP contribution in [-0.4, -0.2) is 46.4 Å². The summed E-state index contributed by atoms with van der Waals surface area (Å²) in [7, 11) is 0. The maximum absolute atomic E-state index is 13.0. The van der Waals surface area contributed by atoms with Gasteiger partial charge in [0.05, 0.1) is 24.2 Å². The van der Waals surface area contributed by atoms with E-state index in [4.69, 9.17) is 14.5 Å². The van der Waals surface area contributed by atoms with Crippen molar-refractivity contribution in [2.75, 3.05) is 24.7 Å². The van der Waals surface area contributed by atoms with Crippen LogP contribution in [0.4, 0.5) is 5.69 Å². The highest BCUT2D eigenvalue weighted by atomic mass is 16.5. The molecule has 0 radical (unpaired) electrons. The Hall–Kier alpha value is -3.84. The van der Waals surface area contributed by atoms with Crippen LogP contribution >= 0.6 is 0 Å². The number of aryl methyl sites for hydroxylation is 2. The summed E-state index contributed by atoms with van der Waals surface area (Å²) in [5, 5.41) is 11.0. The van der Waals surface area contributed by atoms with Crippen molar-refractivity contribution in [3.05, 3.63) is 83.7 Å². The Labute approximate surface area is 217 Å². The summed E-state index contributed by atoms with van der Waals surface area (Å²) < 4.78 is 13.6. The Morgan fingerprint density at radius 2 is 1.73 bits per heavy atom. The number of aliphatic hydroxyl groups is 1. The Morgan fingerprint density at radius 3 is 2.46 bits per heavy atom. The van der Waals surface area contributed by atoms with Crippen LogP contribution in [0.3, 0.4) is 0 Å². The molecule has 0 saturated carbocycles. The minimum atomic E-state index is -0.741. The van der Waals surface area contributed by atoms with E-state index in [9.17, 15) is 9.90 Å². The molecule has 0 unspecified atom stereocenters. The van der Waals surface area contributed by atoms with Gasteiger partial charge in [-0.3, -0.25) is 4.79 Å². The minimum absolute atomic E-state index is 0.0617. The van der Waals surface area contributed by atoms with Gasteiger partial charge in [0.15, 0.2) is 0 Å². The normalized spacial score (nSPS) is 16.4. The Balaban J connectivity index is 1.36. The predicted octanol–water partition coefficient (Wildman–Crippen LogP) is 5.01. The number of amides is 1. The number of rotatable bonds is 9. The molecule has 1 aliphatic heterocycles. The summed E-state index contributed by atoms with van der Waals surface area (Å²) in [5.41, 5.74) is 4.73. The maximum atomic E-state index is 13.0. The van der Waals surface area contributed by atoms with Gasteiger partial charge in [0, 0.05) is 24.6 Å². The van der Waals surface area contributed by atoms with Crippen LogP contribution in [-0.2, 0) is 11.3 Å². The SMILES string of the molecule is CCOc1ccc(N2C[C@@H](c3nc4ccccc4n3C[C@H](O)COc3c(C)cccc3C)CC2=O)cc1. The summed E-state index contributed by atoms with van der Waals surface area (Å²) in [6.45, 7) is 7.58. The average Bonchev–Trinajstić information content (AvgIpc) is 3.45. The molecule has 1 aliphatic rings. The largest absolute Gasteiger partial charge is 0.494 e. The van der Waals surface area contributed by atoms with Crippen molar-refractivity contribution in [2.24, 2.45) is 0 Å². The van der Waals surface area contributed by atoms with E-state index in [2.05, 4.69) is 0 Å². The Bertz CT molecular complexity index is 1380. The van der Waals surface area contributed by atoms with Gasteiger partial charge in [0.2, 0.25) is 5.91 Å². The highest BCUT2D eigenvalue weighted by molar-refractivity contribution is 5.96. The van der Waals surface area contributed by atoms with Crippen LogP contribution < -0.4 is 14.4 Å². The number of carbonyl (C=O) groups is 1. The van der Waals surface area contributed by atoms with Crippen molar-refractivity contribution in [2.45, 2.75) is 45.8 Å². The van der Waals surface area contributed by atoms with Crippen molar-refractivity contribution in [3.63, 3.8) is 0 Å². The highest BCUT2D eigenvalue weighted by Gasteiger charge is 2.35. The first-order chi connectivity index (χ1) is 17.9. The lowest BCUT2D eigenvalue weighted by atomic mass is 10.1. The second kappa shape index (κ2) is 10.6. The number of imidazole rings is 1. The molecule has 37 heavy (non-hydrogen) atoms. The van der Waals surface area contributed by atoms with Gasteiger partial charge in [-0.2, -0.15) is 0 Å². The predicted molar refractivity (Wildman–Crippen MR) is 144 cm³/mol. The van der Waals surface area contributed by atoms with Crippen LogP contribution in [0.1, 0.15) is 36.2 Å². The third kappa shape index (κ3) is 5.18. The molecule has 0 spiro atoms. The van der Waals surface area contributed by atoms with Gasteiger partial charge in [0.1, 0.15) is 30.0 Å². The molecule has 1 N–H and O–H groups in total. The van der Waals surface area contributed by atoms with Crippen LogP contribution in [0, 0.1) is 13.8 Å². The van der Waals surface area contributed by atoms with Crippen LogP contribution in [0.25, 0.3) is 11.0 Å². The molecule has 2 heterocycles. The number of ether oxygens (including phenoxy) is 2. The molecule has 0 bridgehead atoms. The number of fused-ring (bicyclic) bond motifs is 1. The monoisotopic (exact) mass is 499 g/mol. The fourth-order valence-electron chi connectivity index (χ4n) is 5.09.